The van der Waals surface area contributed by atoms with Crippen LogP contribution >= 0.6 is 0 Å². The smallest absolute Gasteiger partial charge is 0.00805 e. The van der Waals surface area contributed by atoms with Crippen molar-refractivity contribution < 1.29 is 0 Å². The molecule has 0 aromatic heterocycles. The van der Waals surface area contributed by atoms with E-state index in [1.54, 1.807) is 11.1 Å². The highest BCUT2D eigenvalue weighted by Gasteiger charge is 2.44. The fourth-order valence-corrected chi connectivity index (χ4v) is 3.01. The van der Waals surface area contributed by atoms with Crippen molar-refractivity contribution in [1.82, 2.24) is 0 Å². The molecule has 2 aromatic rings. The van der Waals surface area contributed by atoms with Gasteiger partial charge in [0.2, 0.25) is 0 Å². The third-order valence-electron chi connectivity index (χ3n) is 3.80. The fraction of sp³-hybridized carbons (Fsp3) is 0.200. The van der Waals surface area contributed by atoms with Crippen LogP contribution in [0.5, 0.6) is 0 Å². The number of benzene rings is 2. The summed E-state index contributed by atoms with van der Waals surface area (Å²) >= 11 is 0. The van der Waals surface area contributed by atoms with Crippen LogP contribution in [-0.2, 0) is 0 Å². The Morgan fingerprint density at radius 3 is 1.67 bits per heavy atom. The van der Waals surface area contributed by atoms with E-state index in [9.17, 15) is 0 Å². The second kappa shape index (κ2) is 2.52. The summed E-state index contributed by atoms with van der Waals surface area (Å²) in [7, 11) is 0. The highest BCUT2D eigenvalue weighted by molar-refractivity contribution is 5.77. The van der Waals surface area contributed by atoms with E-state index in [-0.39, 0.29) is 0 Å². The first-order valence-electron chi connectivity index (χ1n) is 5.63. The molecular weight excluding hydrogens is 180 g/mol. The van der Waals surface area contributed by atoms with E-state index in [2.05, 4.69) is 48.5 Å². The zero-order valence-corrected chi connectivity index (χ0v) is 8.48. The molecule has 0 radical (unpaired) electrons. The normalized spacial score (nSPS) is 25.1. The van der Waals surface area contributed by atoms with Crippen LogP contribution in [-0.4, -0.2) is 0 Å². The molecule has 0 N–H and O–H groups in total. The molecule has 2 aliphatic rings. The molecule has 0 nitrogen and oxygen atoms in total. The molecule has 15 heavy (non-hydrogen) atoms. The second-order valence-electron chi connectivity index (χ2n) is 4.62. The predicted molar refractivity (Wildman–Crippen MR) is 62.0 cm³/mol. The van der Waals surface area contributed by atoms with Gasteiger partial charge in [0.05, 0.1) is 0 Å². The maximum atomic E-state index is 2.30. The maximum Gasteiger partial charge on any atom is -0.00805 e. The van der Waals surface area contributed by atoms with Crippen LogP contribution < -0.4 is 0 Å². The van der Waals surface area contributed by atoms with Gasteiger partial charge in [0.15, 0.2) is 0 Å². The SMILES string of the molecule is c1ccc2c(c1)-c1ccccc1C1CC21. The molecular formula is C15H12. The minimum Gasteiger partial charge on any atom is -0.0619 e. The Labute approximate surface area is 89.6 Å². The van der Waals surface area contributed by atoms with Gasteiger partial charge in [0.25, 0.3) is 0 Å². The summed E-state index contributed by atoms with van der Waals surface area (Å²) in [6.45, 7) is 0. The number of rotatable bonds is 0. The maximum absolute atomic E-state index is 2.30. The summed E-state index contributed by atoms with van der Waals surface area (Å²) in [5.74, 6) is 1.63. The fourth-order valence-electron chi connectivity index (χ4n) is 3.01. The third kappa shape index (κ3) is 0.918. The van der Waals surface area contributed by atoms with Gasteiger partial charge in [-0.1, -0.05) is 48.5 Å². The Hall–Kier alpha value is -1.56. The minimum absolute atomic E-state index is 0.816. The van der Waals surface area contributed by atoms with Gasteiger partial charge in [-0.15, -0.1) is 0 Å². The lowest BCUT2D eigenvalue weighted by atomic mass is 9.86. The van der Waals surface area contributed by atoms with Gasteiger partial charge in [-0.25, -0.2) is 0 Å². The molecule has 0 amide bonds. The molecule has 0 heteroatoms. The van der Waals surface area contributed by atoms with E-state index in [1.807, 2.05) is 0 Å². The molecule has 0 bridgehead atoms. The summed E-state index contributed by atoms with van der Waals surface area (Å²) < 4.78 is 0. The first-order chi connectivity index (χ1) is 7.45. The Bertz CT molecular complexity index is 490. The Morgan fingerprint density at radius 1 is 0.667 bits per heavy atom. The molecule has 0 spiro atoms. The van der Waals surface area contributed by atoms with E-state index < -0.39 is 0 Å². The molecule has 0 heterocycles. The molecule has 0 aliphatic heterocycles. The largest absolute Gasteiger partial charge is 0.0619 e. The second-order valence-corrected chi connectivity index (χ2v) is 4.62. The first kappa shape index (κ1) is 7.70. The van der Waals surface area contributed by atoms with Gasteiger partial charge in [0.1, 0.15) is 0 Å². The van der Waals surface area contributed by atoms with E-state index >= 15 is 0 Å². The quantitative estimate of drug-likeness (QED) is 0.593. The standard InChI is InChI=1S/C15H12/c1-3-7-12-10(5-1)11-6-2-4-8-13(11)15-9-14(12)15/h1-8,14-15H,9H2. The highest BCUT2D eigenvalue weighted by atomic mass is 14.5. The minimum atomic E-state index is 0.816. The summed E-state index contributed by atoms with van der Waals surface area (Å²) in [5, 5.41) is 0. The van der Waals surface area contributed by atoms with Crippen molar-refractivity contribution in [2.45, 2.75) is 18.3 Å². The van der Waals surface area contributed by atoms with Crippen LogP contribution in [0.3, 0.4) is 0 Å². The highest BCUT2D eigenvalue weighted by Crippen LogP contribution is 2.61. The van der Waals surface area contributed by atoms with Crippen molar-refractivity contribution in [3.05, 3.63) is 59.7 Å². The van der Waals surface area contributed by atoms with Crippen molar-refractivity contribution in [1.29, 1.82) is 0 Å². The molecule has 2 aromatic carbocycles. The summed E-state index contributed by atoms with van der Waals surface area (Å²) in [6.07, 6.45) is 1.36. The van der Waals surface area contributed by atoms with E-state index in [1.165, 1.54) is 17.5 Å². The summed E-state index contributed by atoms with van der Waals surface area (Å²) in [6, 6.07) is 17.8. The summed E-state index contributed by atoms with van der Waals surface area (Å²) in [4.78, 5) is 0. The van der Waals surface area contributed by atoms with Gasteiger partial charge < -0.3 is 0 Å². The molecule has 0 saturated heterocycles. The van der Waals surface area contributed by atoms with Crippen LogP contribution in [0, 0.1) is 0 Å². The van der Waals surface area contributed by atoms with Crippen molar-refractivity contribution in [2.24, 2.45) is 0 Å². The lowest BCUT2D eigenvalue weighted by molar-refractivity contribution is 1.01. The van der Waals surface area contributed by atoms with E-state index in [0.29, 0.717) is 0 Å². The average Bonchev–Trinajstić information content (AvgIpc) is 3.10. The van der Waals surface area contributed by atoms with Crippen LogP contribution in [0.2, 0.25) is 0 Å². The monoisotopic (exact) mass is 192 g/mol. The zero-order chi connectivity index (χ0) is 9.83. The predicted octanol–water partition coefficient (Wildman–Crippen LogP) is 3.94. The topological polar surface area (TPSA) is 0 Å². The van der Waals surface area contributed by atoms with E-state index in [4.69, 9.17) is 0 Å². The number of hydrogen-bond acceptors (Lipinski definition) is 0. The Kier molecular flexibility index (Phi) is 1.29. The molecule has 2 atom stereocenters. The Balaban J connectivity index is 2.09. The first-order valence-corrected chi connectivity index (χ1v) is 5.63. The summed E-state index contributed by atoms with van der Waals surface area (Å²) in [5.41, 5.74) is 6.07. The van der Waals surface area contributed by atoms with Crippen LogP contribution in [0.15, 0.2) is 48.5 Å². The Morgan fingerprint density at radius 2 is 1.13 bits per heavy atom. The molecule has 1 fully saturated rings. The number of fused-ring (bicyclic) bond motifs is 6. The van der Waals surface area contributed by atoms with Gasteiger partial charge in [-0.05, 0) is 40.5 Å². The van der Waals surface area contributed by atoms with Crippen LogP contribution in [0.4, 0.5) is 0 Å². The molecule has 2 aliphatic carbocycles. The molecule has 72 valence electrons. The van der Waals surface area contributed by atoms with Gasteiger partial charge >= 0.3 is 0 Å². The van der Waals surface area contributed by atoms with Gasteiger partial charge in [-0.3, -0.25) is 0 Å². The van der Waals surface area contributed by atoms with Gasteiger partial charge in [0, 0.05) is 0 Å². The lowest BCUT2D eigenvalue weighted by Crippen LogP contribution is -1.98. The zero-order valence-electron chi connectivity index (χ0n) is 8.48. The molecule has 1 saturated carbocycles. The molecule has 4 rings (SSSR count). The lowest BCUT2D eigenvalue weighted by Gasteiger charge is -2.18. The third-order valence-corrected chi connectivity index (χ3v) is 3.80. The van der Waals surface area contributed by atoms with Crippen molar-refractivity contribution >= 4 is 0 Å². The number of hydrogen-bond donors (Lipinski definition) is 0. The van der Waals surface area contributed by atoms with Crippen LogP contribution in [0.1, 0.15) is 29.4 Å². The average molecular weight is 192 g/mol. The molecule has 2 unspecified atom stereocenters. The van der Waals surface area contributed by atoms with Crippen molar-refractivity contribution in [2.75, 3.05) is 0 Å². The van der Waals surface area contributed by atoms with Crippen LogP contribution in [0.25, 0.3) is 11.1 Å². The van der Waals surface area contributed by atoms with Gasteiger partial charge in [-0.2, -0.15) is 0 Å². The van der Waals surface area contributed by atoms with Crippen molar-refractivity contribution in [3.8, 4) is 11.1 Å². The van der Waals surface area contributed by atoms with E-state index in [0.717, 1.165) is 11.8 Å². The van der Waals surface area contributed by atoms with Crippen molar-refractivity contribution in [3.63, 3.8) is 0 Å².